The van der Waals surface area contributed by atoms with Gasteiger partial charge in [0, 0.05) is 31.0 Å². The topological polar surface area (TPSA) is 65.2 Å². The normalized spacial score (nSPS) is 24.1. The molecule has 1 spiro atoms. The first-order valence-corrected chi connectivity index (χ1v) is 11.5. The van der Waals surface area contributed by atoms with Gasteiger partial charge in [0.05, 0.1) is 17.0 Å². The largest absolute Gasteiger partial charge is 0.416 e. The molecule has 6 nitrogen and oxygen atoms in total. The van der Waals surface area contributed by atoms with E-state index in [0.717, 1.165) is 48.5 Å². The second-order valence-corrected chi connectivity index (χ2v) is 9.62. The number of alkyl halides is 3. The lowest BCUT2D eigenvalue weighted by Crippen LogP contribution is -2.46. The highest BCUT2D eigenvalue weighted by molar-refractivity contribution is 7.80. The van der Waals surface area contributed by atoms with Gasteiger partial charge in [0.25, 0.3) is 0 Å². The first-order chi connectivity index (χ1) is 16.1. The van der Waals surface area contributed by atoms with Gasteiger partial charge in [-0.2, -0.15) is 13.2 Å². The molecular formula is C24H27F3N6S. The SMILES string of the molecule is Cc1ncc(CCCN(C)C)cc1NC1=NC23N=CC=C(C(F)(F)F)C=C2CC(=S)CC3C=N1. The van der Waals surface area contributed by atoms with Crippen LogP contribution in [0.4, 0.5) is 18.9 Å². The summed E-state index contributed by atoms with van der Waals surface area (Å²) in [6.07, 6.45) is 5.02. The van der Waals surface area contributed by atoms with Crippen LogP contribution in [0, 0.1) is 12.8 Å². The number of rotatable bonds is 5. The first-order valence-electron chi connectivity index (χ1n) is 11.1. The van der Waals surface area contributed by atoms with Crippen LogP contribution >= 0.6 is 12.2 Å². The van der Waals surface area contributed by atoms with E-state index in [9.17, 15) is 13.2 Å². The number of guanidine groups is 1. The molecule has 34 heavy (non-hydrogen) atoms. The van der Waals surface area contributed by atoms with E-state index in [-0.39, 0.29) is 18.3 Å². The van der Waals surface area contributed by atoms with Crippen molar-refractivity contribution in [2.24, 2.45) is 20.9 Å². The highest BCUT2D eigenvalue weighted by Gasteiger charge is 2.48. The fourth-order valence-electron chi connectivity index (χ4n) is 4.33. The summed E-state index contributed by atoms with van der Waals surface area (Å²) in [5, 5.41) is 3.23. The maximum absolute atomic E-state index is 13.5. The van der Waals surface area contributed by atoms with E-state index in [1.165, 1.54) is 6.21 Å². The maximum atomic E-state index is 13.5. The number of pyridine rings is 1. The summed E-state index contributed by atoms with van der Waals surface area (Å²) < 4.78 is 40.5. The number of hydrogen-bond donors (Lipinski definition) is 1. The Morgan fingerprint density at radius 3 is 2.82 bits per heavy atom. The number of aryl methyl sites for hydroxylation is 2. The smallest absolute Gasteiger partial charge is 0.323 e. The third-order valence-electron chi connectivity index (χ3n) is 6.12. The van der Waals surface area contributed by atoms with Crippen molar-refractivity contribution in [3.8, 4) is 0 Å². The second-order valence-electron chi connectivity index (χ2n) is 9.04. The summed E-state index contributed by atoms with van der Waals surface area (Å²) in [7, 11) is 4.08. The van der Waals surface area contributed by atoms with Crippen LogP contribution in [0.2, 0.25) is 0 Å². The molecule has 0 aromatic carbocycles. The van der Waals surface area contributed by atoms with Crippen molar-refractivity contribution < 1.29 is 13.2 Å². The number of nitrogens with zero attached hydrogens (tertiary/aromatic N) is 5. The van der Waals surface area contributed by atoms with Crippen LogP contribution in [0.5, 0.6) is 0 Å². The molecule has 180 valence electrons. The Morgan fingerprint density at radius 1 is 1.29 bits per heavy atom. The Bertz CT molecular complexity index is 1130. The Balaban J connectivity index is 1.64. The van der Waals surface area contributed by atoms with Gasteiger partial charge >= 0.3 is 6.18 Å². The quantitative estimate of drug-likeness (QED) is 0.610. The third kappa shape index (κ3) is 5.17. The molecule has 1 N–H and O–H groups in total. The molecule has 2 atom stereocenters. The Kier molecular flexibility index (Phi) is 6.82. The van der Waals surface area contributed by atoms with E-state index in [1.54, 1.807) is 6.21 Å². The molecule has 0 bridgehead atoms. The number of thiocarbonyl (C=S) groups is 1. The second kappa shape index (κ2) is 9.50. The van der Waals surface area contributed by atoms with E-state index in [1.807, 2.05) is 33.3 Å². The van der Waals surface area contributed by atoms with E-state index < -0.39 is 17.4 Å². The van der Waals surface area contributed by atoms with Crippen molar-refractivity contribution in [1.82, 2.24) is 9.88 Å². The van der Waals surface area contributed by atoms with E-state index in [4.69, 9.17) is 17.2 Å². The Hall–Kier alpha value is -2.72. The third-order valence-corrected chi connectivity index (χ3v) is 6.43. The van der Waals surface area contributed by atoms with Crippen LogP contribution < -0.4 is 5.32 Å². The van der Waals surface area contributed by atoms with E-state index in [0.29, 0.717) is 16.9 Å². The number of hydrogen-bond acceptors (Lipinski definition) is 7. The molecule has 1 saturated carbocycles. The van der Waals surface area contributed by atoms with Crippen molar-refractivity contribution in [2.45, 2.75) is 44.4 Å². The fraction of sp³-hybridized carbons (Fsp3) is 0.458. The molecule has 1 aromatic heterocycles. The zero-order chi connectivity index (χ0) is 24.5. The van der Waals surface area contributed by atoms with Crippen LogP contribution in [-0.2, 0) is 6.42 Å². The van der Waals surface area contributed by atoms with Crippen LogP contribution in [0.25, 0.3) is 0 Å². The minimum atomic E-state index is -4.48. The predicted molar refractivity (Wildman–Crippen MR) is 134 cm³/mol. The summed E-state index contributed by atoms with van der Waals surface area (Å²) in [6.45, 7) is 2.86. The van der Waals surface area contributed by atoms with Crippen LogP contribution in [-0.4, -0.2) is 65.6 Å². The zero-order valence-electron chi connectivity index (χ0n) is 19.4. The standard InChI is InChI=1S/C24H27F3N6S/c1-15-21(9-16(13-28-15)5-4-8-33(2)3)31-22-29-14-19-12-20(34)11-18-10-17(24(25,26)27)6-7-30-23(18,19)32-22/h6-7,9-10,13-14,19H,4-5,8,11-12H2,1-3H3,(H,31,32). The lowest BCUT2D eigenvalue weighted by atomic mass is 9.75. The molecule has 3 aliphatic rings. The van der Waals surface area contributed by atoms with E-state index >= 15 is 0 Å². The van der Waals surface area contributed by atoms with Crippen molar-refractivity contribution in [1.29, 1.82) is 0 Å². The fourth-order valence-corrected chi connectivity index (χ4v) is 4.67. The van der Waals surface area contributed by atoms with Gasteiger partial charge in [-0.3, -0.25) is 9.98 Å². The predicted octanol–water partition coefficient (Wildman–Crippen LogP) is 4.71. The summed E-state index contributed by atoms with van der Waals surface area (Å²) in [5.41, 5.74) is 1.10. The van der Waals surface area contributed by atoms with Gasteiger partial charge in [-0.25, -0.2) is 9.98 Å². The van der Waals surface area contributed by atoms with Crippen molar-refractivity contribution in [3.05, 3.63) is 46.8 Å². The number of anilines is 1. The molecule has 0 amide bonds. The average Bonchev–Trinajstić information content (AvgIpc) is 2.93. The summed E-state index contributed by atoms with van der Waals surface area (Å²) in [6, 6.07) is 2.02. The molecule has 1 aromatic rings. The minimum Gasteiger partial charge on any atom is -0.323 e. The summed E-state index contributed by atoms with van der Waals surface area (Å²) in [5.74, 6) is -0.0442. The number of nitrogens with one attached hydrogen (secondary N) is 1. The van der Waals surface area contributed by atoms with Gasteiger partial charge in [-0.05, 0) is 81.0 Å². The number of halogens is 3. The lowest BCUT2D eigenvalue weighted by molar-refractivity contribution is -0.0881. The average molecular weight is 489 g/mol. The van der Waals surface area contributed by atoms with Crippen LogP contribution in [0.1, 0.15) is 30.5 Å². The van der Waals surface area contributed by atoms with Gasteiger partial charge in [0.2, 0.25) is 5.96 Å². The van der Waals surface area contributed by atoms with E-state index in [2.05, 4.69) is 25.2 Å². The highest BCUT2D eigenvalue weighted by Crippen LogP contribution is 2.45. The molecule has 4 rings (SSSR count). The molecule has 2 aliphatic heterocycles. The number of aliphatic imine (C=N–C) groups is 3. The number of allylic oxidation sites excluding steroid dienone is 3. The summed E-state index contributed by atoms with van der Waals surface area (Å²) >= 11 is 5.40. The van der Waals surface area contributed by atoms with Crippen molar-refractivity contribution in [3.63, 3.8) is 0 Å². The lowest BCUT2D eigenvalue weighted by Gasteiger charge is -2.40. The molecule has 2 unspecified atom stereocenters. The summed E-state index contributed by atoms with van der Waals surface area (Å²) in [4.78, 5) is 21.0. The van der Waals surface area contributed by atoms with Crippen LogP contribution in [0.15, 0.2) is 50.5 Å². The molecule has 1 aliphatic carbocycles. The van der Waals surface area contributed by atoms with Gasteiger partial charge in [-0.1, -0.05) is 12.2 Å². The molecule has 10 heteroatoms. The molecule has 0 saturated heterocycles. The maximum Gasteiger partial charge on any atom is 0.416 e. The monoisotopic (exact) mass is 488 g/mol. The van der Waals surface area contributed by atoms with Gasteiger partial charge in [-0.15, -0.1) is 0 Å². The number of aromatic nitrogens is 1. The van der Waals surface area contributed by atoms with Crippen molar-refractivity contribution in [2.75, 3.05) is 26.0 Å². The Morgan fingerprint density at radius 2 is 2.09 bits per heavy atom. The minimum absolute atomic E-state index is 0.239. The van der Waals surface area contributed by atoms with Gasteiger partial charge in [0.1, 0.15) is 0 Å². The zero-order valence-corrected chi connectivity index (χ0v) is 20.2. The molecule has 1 fully saturated rings. The highest BCUT2D eigenvalue weighted by atomic mass is 32.1. The van der Waals surface area contributed by atoms with Gasteiger partial charge in [0.15, 0.2) is 5.66 Å². The van der Waals surface area contributed by atoms with Crippen molar-refractivity contribution >= 4 is 41.2 Å². The molecule has 3 heterocycles. The Labute approximate surface area is 202 Å². The first kappa shape index (κ1) is 24.4. The van der Waals surface area contributed by atoms with Crippen LogP contribution in [0.3, 0.4) is 0 Å². The van der Waals surface area contributed by atoms with Gasteiger partial charge < -0.3 is 10.2 Å². The molecular weight excluding hydrogens is 461 g/mol. The molecule has 0 radical (unpaired) electrons.